The summed E-state index contributed by atoms with van der Waals surface area (Å²) < 4.78 is 14.7. The van der Waals surface area contributed by atoms with Crippen molar-refractivity contribution in [3.05, 3.63) is 57.8 Å². The highest BCUT2D eigenvalue weighted by molar-refractivity contribution is 9.10. The zero-order chi connectivity index (χ0) is 14.1. The Kier molecular flexibility index (Phi) is 3.90. The molecule has 3 heteroatoms. The molecule has 0 bridgehead atoms. The second-order valence-electron chi connectivity index (χ2n) is 5.16. The lowest BCUT2D eigenvalue weighted by molar-refractivity contribution is 0.549. The topological polar surface area (TPSA) is 12.0 Å². The Hall–Kier alpha value is -1.19. The molecule has 0 saturated carbocycles. The van der Waals surface area contributed by atoms with Crippen molar-refractivity contribution in [3.63, 3.8) is 0 Å². The van der Waals surface area contributed by atoms with Crippen LogP contribution in [0.1, 0.15) is 30.5 Å². The Labute approximate surface area is 127 Å². The van der Waals surface area contributed by atoms with Crippen molar-refractivity contribution >= 4 is 15.9 Å². The summed E-state index contributed by atoms with van der Waals surface area (Å²) in [5, 5.41) is 3.50. The number of aryl methyl sites for hydroxylation is 1. The molecule has 1 nitrogen and oxygen atoms in total. The van der Waals surface area contributed by atoms with Crippen LogP contribution in [0.2, 0.25) is 0 Å². The van der Waals surface area contributed by atoms with E-state index < -0.39 is 0 Å². The number of fused-ring (bicyclic) bond motifs is 1. The second-order valence-corrected chi connectivity index (χ2v) is 6.02. The molecule has 3 rings (SSSR count). The van der Waals surface area contributed by atoms with E-state index in [9.17, 15) is 4.39 Å². The first kappa shape index (κ1) is 13.8. The summed E-state index contributed by atoms with van der Waals surface area (Å²) >= 11 is 3.25. The van der Waals surface area contributed by atoms with Crippen molar-refractivity contribution < 1.29 is 4.39 Å². The fraction of sp³-hybridized carbons (Fsp3) is 0.294. The van der Waals surface area contributed by atoms with Gasteiger partial charge in [-0.1, -0.05) is 37.3 Å². The predicted octanol–water partition coefficient (Wildman–Crippen LogP) is 4.85. The SMILES string of the molecule is CCNC1CCc2cc(-c3cccc(Br)c3F)ccc21. The standard InChI is InChI=1S/C17H17BrFN/c1-2-20-16-9-7-11-10-12(6-8-13(11)16)14-4-3-5-15(18)17(14)19/h3-6,8,10,16,20H,2,7,9H2,1H3. The summed E-state index contributed by atoms with van der Waals surface area (Å²) in [7, 11) is 0. The summed E-state index contributed by atoms with van der Waals surface area (Å²) in [4.78, 5) is 0. The van der Waals surface area contributed by atoms with Crippen molar-refractivity contribution in [2.45, 2.75) is 25.8 Å². The van der Waals surface area contributed by atoms with Crippen LogP contribution in [-0.4, -0.2) is 6.54 Å². The van der Waals surface area contributed by atoms with Gasteiger partial charge in [-0.15, -0.1) is 0 Å². The highest BCUT2D eigenvalue weighted by Crippen LogP contribution is 2.35. The Morgan fingerprint density at radius 3 is 2.95 bits per heavy atom. The maximum absolute atomic E-state index is 14.2. The lowest BCUT2D eigenvalue weighted by Gasteiger charge is -2.13. The minimum Gasteiger partial charge on any atom is -0.310 e. The van der Waals surface area contributed by atoms with Crippen LogP contribution in [0.15, 0.2) is 40.9 Å². The minimum absolute atomic E-state index is 0.186. The Balaban J connectivity index is 2.00. The molecular weight excluding hydrogens is 317 g/mol. The van der Waals surface area contributed by atoms with Gasteiger partial charge in [0.1, 0.15) is 5.82 Å². The van der Waals surface area contributed by atoms with E-state index in [2.05, 4.69) is 40.3 Å². The fourth-order valence-electron chi connectivity index (χ4n) is 2.97. The van der Waals surface area contributed by atoms with Gasteiger partial charge in [-0.2, -0.15) is 0 Å². The number of hydrogen-bond donors (Lipinski definition) is 1. The van der Waals surface area contributed by atoms with Crippen LogP contribution >= 0.6 is 15.9 Å². The lowest BCUT2D eigenvalue weighted by atomic mass is 9.99. The summed E-state index contributed by atoms with van der Waals surface area (Å²) in [6, 6.07) is 12.2. The maximum Gasteiger partial charge on any atom is 0.145 e. The van der Waals surface area contributed by atoms with E-state index in [1.807, 2.05) is 18.2 Å². The summed E-state index contributed by atoms with van der Waals surface area (Å²) in [5.74, 6) is -0.186. The molecule has 0 amide bonds. The van der Waals surface area contributed by atoms with E-state index in [1.165, 1.54) is 11.1 Å². The molecule has 1 atom stereocenters. The number of hydrogen-bond acceptors (Lipinski definition) is 1. The van der Waals surface area contributed by atoms with Gasteiger partial charge in [0.2, 0.25) is 0 Å². The minimum atomic E-state index is -0.186. The first-order chi connectivity index (χ1) is 9.70. The van der Waals surface area contributed by atoms with Gasteiger partial charge < -0.3 is 5.32 Å². The fourth-order valence-corrected chi connectivity index (χ4v) is 3.34. The normalized spacial score (nSPS) is 17.2. The molecular formula is C17H17BrFN. The van der Waals surface area contributed by atoms with Crippen LogP contribution in [0.3, 0.4) is 0 Å². The molecule has 1 unspecified atom stereocenters. The largest absolute Gasteiger partial charge is 0.310 e. The molecule has 0 spiro atoms. The molecule has 1 aliphatic rings. The predicted molar refractivity (Wildman–Crippen MR) is 84.3 cm³/mol. The highest BCUT2D eigenvalue weighted by atomic mass is 79.9. The molecule has 1 aliphatic carbocycles. The zero-order valence-electron chi connectivity index (χ0n) is 11.4. The third-order valence-electron chi connectivity index (χ3n) is 3.93. The quantitative estimate of drug-likeness (QED) is 0.846. The summed E-state index contributed by atoms with van der Waals surface area (Å²) in [6.07, 6.45) is 2.20. The molecule has 0 heterocycles. The summed E-state index contributed by atoms with van der Waals surface area (Å²) in [6.45, 7) is 3.11. The van der Waals surface area contributed by atoms with Gasteiger partial charge in [-0.25, -0.2) is 4.39 Å². The Morgan fingerprint density at radius 2 is 2.15 bits per heavy atom. The Bertz CT molecular complexity index is 639. The van der Waals surface area contributed by atoms with E-state index in [-0.39, 0.29) is 5.82 Å². The molecule has 104 valence electrons. The molecule has 2 aromatic carbocycles. The maximum atomic E-state index is 14.2. The average molecular weight is 334 g/mol. The average Bonchev–Trinajstić information content (AvgIpc) is 2.85. The molecule has 1 N–H and O–H groups in total. The van der Waals surface area contributed by atoms with Crippen LogP contribution in [0.25, 0.3) is 11.1 Å². The second kappa shape index (κ2) is 5.66. The van der Waals surface area contributed by atoms with E-state index >= 15 is 0 Å². The van der Waals surface area contributed by atoms with Crippen molar-refractivity contribution in [1.29, 1.82) is 0 Å². The van der Waals surface area contributed by atoms with Crippen molar-refractivity contribution in [2.75, 3.05) is 6.54 Å². The van der Waals surface area contributed by atoms with Crippen LogP contribution in [0, 0.1) is 5.82 Å². The molecule has 0 aliphatic heterocycles. The number of halogens is 2. The van der Waals surface area contributed by atoms with Crippen molar-refractivity contribution in [1.82, 2.24) is 5.32 Å². The Morgan fingerprint density at radius 1 is 1.30 bits per heavy atom. The molecule has 20 heavy (non-hydrogen) atoms. The molecule has 0 radical (unpaired) electrons. The number of nitrogens with one attached hydrogen (secondary N) is 1. The zero-order valence-corrected chi connectivity index (χ0v) is 13.0. The third-order valence-corrected chi connectivity index (χ3v) is 4.55. The first-order valence-corrected chi connectivity index (χ1v) is 7.80. The molecule has 0 saturated heterocycles. The van der Waals surface area contributed by atoms with Crippen LogP contribution in [0.4, 0.5) is 4.39 Å². The van der Waals surface area contributed by atoms with Gasteiger partial charge in [-0.05, 0) is 58.1 Å². The monoisotopic (exact) mass is 333 g/mol. The van der Waals surface area contributed by atoms with Crippen LogP contribution < -0.4 is 5.32 Å². The highest BCUT2D eigenvalue weighted by Gasteiger charge is 2.22. The molecule has 0 fully saturated rings. The van der Waals surface area contributed by atoms with Crippen molar-refractivity contribution in [2.24, 2.45) is 0 Å². The molecule has 2 aromatic rings. The number of rotatable bonds is 3. The van der Waals surface area contributed by atoms with Gasteiger partial charge in [0, 0.05) is 11.6 Å². The van der Waals surface area contributed by atoms with Crippen LogP contribution in [0.5, 0.6) is 0 Å². The van der Waals surface area contributed by atoms with Gasteiger partial charge in [0.05, 0.1) is 4.47 Å². The van der Waals surface area contributed by atoms with E-state index in [0.717, 1.165) is 24.9 Å². The van der Waals surface area contributed by atoms with E-state index in [1.54, 1.807) is 6.07 Å². The smallest absolute Gasteiger partial charge is 0.145 e. The van der Waals surface area contributed by atoms with Crippen molar-refractivity contribution in [3.8, 4) is 11.1 Å². The van der Waals surface area contributed by atoms with Gasteiger partial charge >= 0.3 is 0 Å². The summed E-state index contributed by atoms with van der Waals surface area (Å²) in [5.41, 5.74) is 4.33. The lowest BCUT2D eigenvalue weighted by Crippen LogP contribution is -2.18. The van der Waals surface area contributed by atoms with Gasteiger partial charge in [0.15, 0.2) is 0 Å². The molecule has 0 aromatic heterocycles. The van der Waals surface area contributed by atoms with E-state index in [0.29, 0.717) is 16.1 Å². The first-order valence-electron chi connectivity index (χ1n) is 7.01. The van der Waals surface area contributed by atoms with Gasteiger partial charge in [-0.3, -0.25) is 0 Å². The van der Waals surface area contributed by atoms with E-state index in [4.69, 9.17) is 0 Å². The van der Waals surface area contributed by atoms with Gasteiger partial charge in [0.25, 0.3) is 0 Å². The third kappa shape index (κ3) is 2.40. The van der Waals surface area contributed by atoms with Crippen LogP contribution in [-0.2, 0) is 6.42 Å². The number of benzene rings is 2.